The molecule has 0 amide bonds. The van der Waals surface area contributed by atoms with Crippen LogP contribution < -0.4 is 10.5 Å². The fraction of sp³-hybridized carbons (Fsp3) is 0.182. The number of aryl methyl sites for hydroxylation is 2. The van der Waals surface area contributed by atoms with E-state index in [-0.39, 0.29) is 20.6 Å². The van der Waals surface area contributed by atoms with Crippen LogP contribution in [0.1, 0.15) is 5.69 Å². The first-order chi connectivity index (χ1) is 9.20. The van der Waals surface area contributed by atoms with Gasteiger partial charge in [-0.3, -0.25) is 9.40 Å². The number of nitrogen functional groups attached to an aromatic ring is 1. The third kappa shape index (κ3) is 2.84. The Labute approximate surface area is 126 Å². The Kier molecular flexibility index (Phi) is 3.86. The second kappa shape index (κ2) is 5.16. The number of benzene rings is 1. The molecule has 3 N–H and O–H groups in total. The van der Waals surface area contributed by atoms with Gasteiger partial charge in [-0.05, 0) is 19.1 Å². The molecular weight excluding hydrogens is 323 g/mol. The number of anilines is 2. The van der Waals surface area contributed by atoms with E-state index in [4.69, 9.17) is 28.9 Å². The van der Waals surface area contributed by atoms with Gasteiger partial charge < -0.3 is 5.73 Å². The normalized spacial score (nSPS) is 11.6. The zero-order chi connectivity index (χ0) is 15.1. The molecule has 0 radical (unpaired) electrons. The molecule has 6 nitrogen and oxygen atoms in total. The molecule has 1 aromatic heterocycles. The Morgan fingerprint density at radius 3 is 2.50 bits per heavy atom. The first kappa shape index (κ1) is 15.0. The molecule has 20 heavy (non-hydrogen) atoms. The van der Waals surface area contributed by atoms with Gasteiger partial charge in [0.1, 0.15) is 4.90 Å². The Hall–Kier alpha value is -1.44. The average Bonchev–Trinajstić information content (AvgIpc) is 2.53. The lowest BCUT2D eigenvalue weighted by atomic mass is 10.3. The van der Waals surface area contributed by atoms with Gasteiger partial charge in [-0.15, -0.1) is 0 Å². The van der Waals surface area contributed by atoms with E-state index >= 15 is 0 Å². The molecule has 0 spiro atoms. The predicted molar refractivity (Wildman–Crippen MR) is 79.6 cm³/mol. The van der Waals surface area contributed by atoms with Crippen molar-refractivity contribution in [2.45, 2.75) is 11.8 Å². The van der Waals surface area contributed by atoms with E-state index < -0.39 is 10.0 Å². The molecule has 0 aliphatic rings. The van der Waals surface area contributed by atoms with Crippen molar-refractivity contribution in [1.82, 2.24) is 9.78 Å². The summed E-state index contributed by atoms with van der Waals surface area (Å²) in [7, 11) is -2.23. The summed E-state index contributed by atoms with van der Waals surface area (Å²) in [4.78, 5) is -0.202. The summed E-state index contributed by atoms with van der Waals surface area (Å²) >= 11 is 11.7. The highest BCUT2D eigenvalue weighted by Crippen LogP contribution is 2.32. The molecular formula is C11H12Cl2N4O2S. The zero-order valence-electron chi connectivity index (χ0n) is 10.7. The van der Waals surface area contributed by atoms with Gasteiger partial charge in [-0.2, -0.15) is 5.10 Å². The fourth-order valence-electron chi connectivity index (χ4n) is 1.76. The maximum absolute atomic E-state index is 12.4. The lowest BCUT2D eigenvalue weighted by Gasteiger charge is -2.11. The minimum absolute atomic E-state index is 0.0171. The number of nitrogens with one attached hydrogen (secondary N) is 1. The molecule has 2 rings (SSSR count). The molecule has 0 aliphatic carbocycles. The maximum atomic E-state index is 12.4. The summed E-state index contributed by atoms with van der Waals surface area (Å²) in [6, 6.07) is 2.65. The van der Waals surface area contributed by atoms with E-state index in [1.165, 1.54) is 16.8 Å². The van der Waals surface area contributed by atoms with Crippen molar-refractivity contribution in [3.63, 3.8) is 0 Å². The Morgan fingerprint density at radius 1 is 1.35 bits per heavy atom. The number of halogens is 2. The van der Waals surface area contributed by atoms with E-state index in [1.54, 1.807) is 20.2 Å². The molecule has 0 bridgehead atoms. The van der Waals surface area contributed by atoms with Gasteiger partial charge in [0, 0.05) is 18.3 Å². The van der Waals surface area contributed by atoms with E-state index in [0.29, 0.717) is 11.4 Å². The highest BCUT2D eigenvalue weighted by Gasteiger charge is 2.23. The Morgan fingerprint density at radius 2 is 2.00 bits per heavy atom. The highest BCUT2D eigenvalue weighted by atomic mass is 35.5. The molecule has 1 heterocycles. The molecule has 0 aliphatic heterocycles. The topological polar surface area (TPSA) is 90.0 Å². The summed E-state index contributed by atoms with van der Waals surface area (Å²) in [5, 5.41) is 4.28. The number of sulfonamides is 1. The number of aromatic nitrogens is 2. The second-order valence-electron chi connectivity index (χ2n) is 4.21. The zero-order valence-corrected chi connectivity index (χ0v) is 13.0. The van der Waals surface area contributed by atoms with Gasteiger partial charge in [0.25, 0.3) is 10.0 Å². The summed E-state index contributed by atoms with van der Waals surface area (Å²) in [6.07, 6.45) is 1.55. The van der Waals surface area contributed by atoms with Crippen molar-refractivity contribution in [3.05, 3.63) is 34.1 Å². The van der Waals surface area contributed by atoms with E-state index in [1.807, 2.05) is 0 Å². The van der Waals surface area contributed by atoms with Crippen LogP contribution in [0.2, 0.25) is 10.0 Å². The first-order valence-electron chi connectivity index (χ1n) is 5.48. The third-order valence-electron chi connectivity index (χ3n) is 2.56. The van der Waals surface area contributed by atoms with E-state index in [2.05, 4.69) is 9.82 Å². The van der Waals surface area contributed by atoms with Crippen LogP contribution in [-0.4, -0.2) is 18.2 Å². The number of hydrogen-bond acceptors (Lipinski definition) is 4. The van der Waals surface area contributed by atoms with Crippen molar-refractivity contribution in [2.24, 2.45) is 7.05 Å². The molecule has 0 saturated heterocycles. The Bertz CT molecular complexity index is 748. The van der Waals surface area contributed by atoms with Crippen LogP contribution in [0.5, 0.6) is 0 Å². The van der Waals surface area contributed by atoms with E-state index in [0.717, 1.165) is 0 Å². The van der Waals surface area contributed by atoms with Crippen LogP contribution in [0.15, 0.2) is 23.2 Å². The summed E-state index contributed by atoms with van der Waals surface area (Å²) in [6.45, 7) is 1.69. The van der Waals surface area contributed by atoms with Crippen LogP contribution >= 0.6 is 23.2 Å². The molecule has 0 fully saturated rings. The number of nitrogens with zero attached hydrogens (tertiary/aromatic N) is 2. The smallest absolute Gasteiger partial charge is 0.265 e. The molecule has 9 heteroatoms. The largest absolute Gasteiger partial charge is 0.398 e. The van der Waals surface area contributed by atoms with Crippen LogP contribution in [0.3, 0.4) is 0 Å². The van der Waals surface area contributed by atoms with Crippen molar-refractivity contribution < 1.29 is 8.42 Å². The molecule has 108 valence electrons. The lowest BCUT2D eigenvalue weighted by Crippen LogP contribution is -2.15. The van der Waals surface area contributed by atoms with E-state index in [9.17, 15) is 8.42 Å². The number of rotatable bonds is 3. The quantitative estimate of drug-likeness (QED) is 0.843. The Balaban J connectivity index is 2.49. The fourth-order valence-corrected chi connectivity index (χ4v) is 3.85. The summed E-state index contributed by atoms with van der Waals surface area (Å²) in [5.74, 6) is 0. The van der Waals surface area contributed by atoms with Gasteiger partial charge in [-0.25, -0.2) is 8.42 Å². The lowest BCUT2D eigenvalue weighted by molar-refractivity contribution is 0.601. The van der Waals surface area contributed by atoms with Crippen LogP contribution in [0.4, 0.5) is 11.4 Å². The van der Waals surface area contributed by atoms with Crippen LogP contribution in [0.25, 0.3) is 0 Å². The molecule has 0 unspecified atom stereocenters. The molecule has 0 atom stereocenters. The molecule has 0 saturated carbocycles. The van der Waals surface area contributed by atoms with Gasteiger partial charge in [0.15, 0.2) is 0 Å². The van der Waals surface area contributed by atoms with Gasteiger partial charge in [0.05, 0.1) is 22.1 Å². The van der Waals surface area contributed by atoms with Gasteiger partial charge in [0.2, 0.25) is 0 Å². The monoisotopic (exact) mass is 334 g/mol. The predicted octanol–water partition coefficient (Wildman–Crippen LogP) is 2.42. The molecule has 2 aromatic rings. The highest BCUT2D eigenvalue weighted by molar-refractivity contribution is 7.93. The maximum Gasteiger partial charge on any atom is 0.265 e. The molecule has 1 aromatic carbocycles. The van der Waals surface area contributed by atoms with Gasteiger partial charge in [-0.1, -0.05) is 23.2 Å². The van der Waals surface area contributed by atoms with Crippen molar-refractivity contribution in [2.75, 3.05) is 10.5 Å². The standard InChI is InChI=1S/C11H12Cl2N4O2S/c1-6-10(5-17(2)15-6)16-20(18,19)11-8(13)3-7(12)4-9(11)14/h3-5,16H,14H2,1-2H3. The summed E-state index contributed by atoms with van der Waals surface area (Å²) < 4.78 is 28.6. The van der Waals surface area contributed by atoms with Crippen molar-refractivity contribution >= 4 is 44.6 Å². The number of nitrogens with two attached hydrogens (primary N) is 1. The van der Waals surface area contributed by atoms with Crippen molar-refractivity contribution in [3.8, 4) is 0 Å². The number of hydrogen-bond donors (Lipinski definition) is 2. The van der Waals surface area contributed by atoms with Crippen LogP contribution in [0, 0.1) is 6.92 Å². The van der Waals surface area contributed by atoms with Crippen molar-refractivity contribution in [1.29, 1.82) is 0 Å². The third-order valence-corrected chi connectivity index (χ3v) is 4.67. The summed E-state index contributed by atoms with van der Waals surface area (Å²) in [5.41, 5.74) is 6.58. The second-order valence-corrected chi connectivity index (χ2v) is 6.68. The van der Waals surface area contributed by atoms with Gasteiger partial charge >= 0.3 is 0 Å². The minimum Gasteiger partial charge on any atom is -0.398 e. The first-order valence-corrected chi connectivity index (χ1v) is 7.72. The van der Waals surface area contributed by atoms with Crippen LogP contribution in [-0.2, 0) is 17.1 Å². The SMILES string of the molecule is Cc1nn(C)cc1NS(=O)(=O)c1c(N)cc(Cl)cc1Cl. The minimum atomic E-state index is -3.92. The average molecular weight is 335 g/mol.